The second-order valence-electron chi connectivity index (χ2n) is 3.65. The smallest absolute Gasteiger partial charge is 0.336 e. The van der Waals surface area contributed by atoms with E-state index in [0.717, 1.165) is 5.56 Å². The van der Waals surface area contributed by atoms with E-state index in [1.165, 1.54) is 0 Å². The second-order valence-corrected chi connectivity index (χ2v) is 7.20. The topological polar surface area (TPSA) is 107 Å². The van der Waals surface area contributed by atoms with E-state index >= 15 is 0 Å². The minimum absolute atomic E-state index is 0.0424. The predicted molar refractivity (Wildman–Crippen MR) is 64.3 cm³/mol. The molecule has 1 rings (SSSR count). The first-order chi connectivity index (χ1) is 7.63. The van der Waals surface area contributed by atoms with E-state index in [0.29, 0.717) is 11.1 Å². The second kappa shape index (κ2) is 4.80. The van der Waals surface area contributed by atoms with Crippen molar-refractivity contribution in [2.75, 3.05) is 0 Å². The molecule has 0 saturated carbocycles. The summed E-state index contributed by atoms with van der Waals surface area (Å²) < 4.78 is 0. The summed E-state index contributed by atoms with van der Waals surface area (Å²) >= 11 is 0. The molecule has 1 aromatic rings. The van der Waals surface area contributed by atoms with E-state index < -0.39 is 11.6 Å². The van der Waals surface area contributed by atoms with Crippen LogP contribution >= 0.6 is 6.72 Å². The summed E-state index contributed by atoms with van der Waals surface area (Å²) in [5.41, 5.74) is 1.45. The molecule has 0 aliphatic rings. The zero-order valence-electron chi connectivity index (χ0n) is 9.50. The lowest BCUT2D eigenvalue weighted by Crippen LogP contribution is -2.04. The van der Waals surface area contributed by atoms with Gasteiger partial charge in [0.2, 0.25) is 10.9 Å². The summed E-state index contributed by atoms with van der Waals surface area (Å²) in [5.74, 6) is 0. The maximum absolute atomic E-state index is 11.0. The van der Waals surface area contributed by atoms with Gasteiger partial charge < -0.3 is 14.7 Å². The van der Waals surface area contributed by atoms with Crippen molar-refractivity contribution in [3.8, 4) is 0 Å². The van der Waals surface area contributed by atoms with Gasteiger partial charge in [0.05, 0.1) is 4.92 Å². The van der Waals surface area contributed by atoms with Crippen molar-refractivity contribution < 1.29 is 19.6 Å². The van der Waals surface area contributed by atoms with E-state index in [1.807, 2.05) is 0 Å². The van der Waals surface area contributed by atoms with Crippen molar-refractivity contribution in [2.45, 2.75) is 25.7 Å². The number of nitrogens with zero attached hydrogens (tertiary/aromatic N) is 1. The van der Waals surface area contributed by atoms with E-state index in [2.05, 4.69) is 0 Å². The minimum Gasteiger partial charge on any atom is -0.742 e. The molecule has 2 N–H and O–H groups in total. The number of hydrogen-bond acceptors (Lipinski definition) is 3. The molecule has 17 heavy (non-hydrogen) atoms. The van der Waals surface area contributed by atoms with Gasteiger partial charge in [-0.25, -0.2) is 0 Å². The molecule has 8 heteroatoms. The highest BCUT2D eigenvalue weighted by Crippen LogP contribution is 2.36. The van der Waals surface area contributed by atoms with Gasteiger partial charge >= 0.3 is 17.3 Å². The van der Waals surface area contributed by atoms with Crippen LogP contribution in [0, 0.1) is 30.9 Å². The molecule has 0 radical (unpaired) electrons. The highest BCUT2D eigenvalue weighted by molar-refractivity contribution is 8.16. The van der Waals surface area contributed by atoms with Gasteiger partial charge in [0.1, 0.15) is 0 Å². The highest BCUT2D eigenvalue weighted by Gasteiger charge is 2.30. The number of benzene rings is 1. The van der Waals surface area contributed by atoms with Crippen molar-refractivity contribution in [3.63, 3.8) is 0 Å². The quantitative estimate of drug-likeness (QED) is 0.363. The Bertz CT molecular complexity index is 528. The Labute approximate surface area is 102 Å². The van der Waals surface area contributed by atoms with Crippen molar-refractivity contribution >= 4 is 23.3 Å². The average molecular weight is 277 g/mol. The van der Waals surface area contributed by atoms with Gasteiger partial charge in [0.15, 0.2) is 0 Å². The van der Waals surface area contributed by atoms with E-state index in [-0.39, 0.29) is 21.5 Å². The van der Waals surface area contributed by atoms with Crippen molar-refractivity contribution in [1.29, 1.82) is 0 Å². The van der Waals surface area contributed by atoms with Crippen LogP contribution in [-0.2, 0) is 10.9 Å². The van der Waals surface area contributed by atoms with Gasteiger partial charge in [-0.1, -0.05) is 0 Å². The van der Waals surface area contributed by atoms with Crippen LogP contribution in [0.5, 0.6) is 0 Å². The lowest BCUT2D eigenvalue weighted by Gasteiger charge is -2.06. The van der Waals surface area contributed by atoms with Gasteiger partial charge in [-0.05, 0) is 32.4 Å². The Morgan fingerprint density at radius 3 is 2.24 bits per heavy atom. The van der Waals surface area contributed by atoms with Crippen LogP contribution < -0.4 is 4.89 Å². The summed E-state index contributed by atoms with van der Waals surface area (Å²) in [5, 5.41) is 10.9. The number of hydrogen-bond donors (Lipinski definition) is 2. The van der Waals surface area contributed by atoms with Gasteiger partial charge in [-0.2, -0.15) is 0 Å². The van der Waals surface area contributed by atoms with Crippen molar-refractivity contribution in [1.82, 2.24) is 0 Å². The Hall–Kier alpha value is -0.850. The zero-order valence-corrected chi connectivity index (χ0v) is 11.2. The molecule has 0 bridgehead atoms. The third-order valence-electron chi connectivity index (χ3n) is 2.35. The van der Waals surface area contributed by atoms with Crippen molar-refractivity contribution in [2.24, 2.45) is 0 Å². The molecule has 0 fully saturated rings. The van der Waals surface area contributed by atoms with Crippen molar-refractivity contribution in [3.05, 3.63) is 32.9 Å². The summed E-state index contributed by atoms with van der Waals surface area (Å²) in [6.45, 7) is 0.498. The number of nitro benzene ring substituents is 1. The van der Waals surface area contributed by atoms with Crippen LogP contribution in [0.2, 0.25) is 0 Å². The molecule has 94 valence electrons. The molecule has 0 saturated heterocycles. The molecular weight excluding hydrogens is 265 g/mol. The molecule has 0 unspecified atom stereocenters. The fourth-order valence-corrected chi connectivity index (χ4v) is 3.74. The Balaban J connectivity index is 3.72. The zero-order chi connectivity index (χ0) is 13.4. The largest absolute Gasteiger partial charge is 0.742 e. The summed E-state index contributed by atoms with van der Waals surface area (Å²) in [6, 6.07) is 1.64. The number of nitro groups is 1. The molecule has 0 aliphatic heterocycles. The first kappa shape index (κ1) is 14.2. The molecule has 0 aliphatic carbocycles. The van der Waals surface area contributed by atoms with Crippen LogP contribution in [0.25, 0.3) is 0 Å². The molecule has 0 atom stereocenters. The van der Waals surface area contributed by atoms with Crippen LogP contribution in [0.15, 0.2) is 11.0 Å². The first-order valence-corrected chi connectivity index (χ1v) is 7.67. The number of rotatable bonds is 2. The Morgan fingerprint density at radius 2 is 1.82 bits per heavy atom. The van der Waals surface area contributed by atoms with Crippen LogP contribution in [0.4, 0.5) is 5.69 Å². The summed E-state index contributed by atoms with van der Waals surface area (Å²) in [6.07, 6.45) is 0. The Morgan fingerprint density at radius 1 is 1.29 bits per heavy atom. The normalized spacial score (nSPS) is 11.4. The molecule has 1 aromatic carbocycles. The van der Waals surface area contributed by atoms with Gasteiger partial charge in [0.25, 0.3) is 0 Å². The SMILES string of the molecule is Cc1cc(C)c([N+](=O)[O-])c([S+]=P([O-])(O)O)c1C. The summed E-state index contributed by atoms with van der Waals surface area (Å²) in [7, 11) is 0.236. The molecular formula is C9H12NO5PS. The highest BCUT2D eigenvalue weighted by atomic mass is 32.5. The maximum Gasteiger partial charge on any atom is 0.336 e. The predicted octanol–water partition coefficient (Wildman–Crippen LogP) is 0.984. The molecule has 0 heterocycles. The lowest BCUT2D eigenvalue weighted by molar-refractivity contribution is -0.388. The summed E-state index contributed by atoms with van der Waals surface area (Å²) in [4.78, 5) is 39.2. The molecule has 0 amide bonds. The first-order valence-electron chi connectivity index (χ1n) is 4.64. The van der Waals surface area contributed by atoms with E-state index in [1.54, 1.807) is 26.8 Å². The fourth-order valence-electron chi connectivity index (χ4n) is 1.49. The van der Waals surface area contributed by atoms with Gasteiger partial charge in [-0.3, -0.25) is 10.1 Å². The van der Waals surface area contributed by atoms with E-state index in [9.17, 15) is 15.0 Å². The molecule has 6 nitrogen and oxygen atoms in total. The maximum atomic E-state index is 11.0. The monoisotopic (exact) mass is 277 g/mol. The standard InChI is InChI=1S/C9H12NO5PS/c1-5-4-6(2)8(10(11)12)9(7(5)3)17-16(13,14)15/h4H,1-3H3,(H2-,13,14,15). The molecule has 0 aromatic heterocycles. The third kappa shape index (κ3) is 3.31. The van der Waals surface area contributed by atoms with Crippen LogP contribution in [-0.4, -0.2) is 14.7 Å². The van der Waals surface area contributed by atoms with Gasteiger partial charge in [-0.15, -0.1) is 0 Å². The van der Waals surface area contributed by atoms with Crippen LogP contribution in [0.1, 0.15) is 16.7 Å². The van der Waals surface area contributed by atoms with Crippen LogP contribution in [0.3, 0.4) is 0 Å². The van der Waals surface area contributed by atoms with E-state index in [4.69, 9.17) is 9.79 Å². The molecule has 0 spiro atoms. The Kier molecular flexibility index (Phi) is 4.01. The third-order valence-corrected chi connectivity index (χ3v) is 4.53. The average Bonchev–Trinajstić information content (AvgIpc) is 2.10. The lowest BCUT2D eigenvalue weighted by atomic mass is 10.1. The number of aryl methyl sites for hydroxylation is 2. The van der Waals surface area contributed by atoms with Gasteiger partial charge in [0, 0.05) is 11.1 Å². The fraction of sp³-hybridized carbons (Fsp3) is 0.333. The minimum atomic E-state index is -4.41.